The smallest absolute Gasteiger partial charge is 0.269 e. The largest absolute Gasteiger partial charge is 0.349 e. The Morgan fingerprint density at radius 3 is 2.61 bits per heavy atom. The molecule has 0 aliphatic rings. The lowest BCUT2D eigenvalue weighted by molar-refractivity contribution is 0.0944. The third kappa shape index (κ3) is 4.43. The van der Waals surface area contributed by atoms with Crippen LogP contribution in [0.1, 0.15) is 29.9 Å². The third-order valence-electron chi connectivity index (χ3n) is 2.90. The zero-order valence-electron chi connectivity index (χ0n) is 11.1. The van der Waals surface area contributed by atoms with E-state index in [4.69, 9.17) is 5.73 Å². The normalized spacial score (nSPS) is 10.7. The predicted molar refractivity (Wildman–Crippen MR) is 72.2 cm³/mol. The standard InChI is InChI=1S/C13H22N4O/c1-3-17(4-2)8-7-15-13(18)12-6-5-11(9-14)10-16-12/h5-6,10H,3-4,7-9,14H2,1-2H3,(H,15,18). The summed E-state index contributed by atoms with van der Waals surface area (Å²) in [7, 11) is 0. The van der Waals surface area contributed by atoms with Crippen LogP contribution in [-0.2, 0) is 6.54 Å². The van der Waals surface area contributed by atoms with Gasteiger partial charge in [0.2, 0.25) is 0 Å². The molecule has 1 heterocycles. The molecule has 0 saturated carbocycles. The Kier molecular flexibility index (Phi) is 6.32. The zero-order chi connectivity index (χ0) is 13.4. The number of nitrogens with one attached hydrogen (secondary N) is 1. The van der Waals surface area contributed by atoms with E-state index in [1.54, 1.807) is 12.3 Å². The summed E-state index contributed by atoms with van der Waals surface area (Å²) >= 11 is 0. The van der Waals surface area contributed by atoms with E-state index in [0.29, 0.717) is 18.8 Å². The maximum absolute atomic E-state index is 11.8. The summed E-state index contributed by atoms with van der Waals surface area (Å²) in [5.41, 5.74) is 6.84. The quantitative estimate of drug-likeness (QED) is 0.744. The van der Waals surface area contributed by atoms with Gasteiger partial charge in [-0.2, -0.15) is 0 Å². The highest BCUT2D eigenvalue weighted by Crippen LogP contribution is 1.99. The van der Waals surface area contributed by atoms with E-state index >= 15 is 0 Å². The van der Waals surface area contributed by atoms with E-state index in [2.05, 4.69) is 29.0 Å². The van der Waals surface area contributed by atoms with Crippen molar-refractivity contribution in [3.8, 4) is 0 Å². The Balaban J connectivity index is 2.40. The zero-order valence-corrected chi connectivity index (χ0v) is 11.1. The van der Waals surface area contributed by atoms with E-state index in [1.165, 1.54) is 0 Å². The molecule has 0 unspecified atom stereocenters. The van der Waals surface area contributed by atoms with Crippen molar-refractivity contribution in [2.24, 2.45) is 5.73 Å². The molecule has 0 aromatic carbocycles. The summed E-state index contributed by atoms with van der Waals surface area (Å²) in [6, 6.07) is 3.53. The number of amides is 1. The van der Waals surface area contributed by atoms with Gasteiger partial charge in [0.05, 0.1) is 0 Å². The fraction of sp³-hybridized carbons (Fsp3) is 0.538. The highest BCUT2D eigenvalue weighted by molar-refractivity contribution is 5.92. The molecule has 18 heavy (non-hydrogen) atoms. The van der Waals surface area contributed by atoms with Gasteiger partial charge in [-0.05, 0) is 24.7 Å². The van der Waals surface area contributed by atoms with E-state index < -0.39 is 0 Å². The minimum absolute atomic E-state index is 0.134. The summed E-state index contributed by atoms with van der Waals surface area (Å²) < 4.78 is 0. The van der Waals surface area contributed by atoms with Gasteiger partial charge in [0.15, 0.2) is 0 Å². The second-order valence-corrected chi connectivity index (χ2v) is 4.04. The van der Waals surface area contributed by atoms with Gasteiger partial charge in [-0.1, -0.05) is 19.9 Å². The van der Waals surface area contributed by atoms with Crippen LogP contribution >= 0.6 is 0 Å². The van der Waals surface area contributed by atoms with Crippen LogP contribution in [0.3, 0.4) is 0 Å². The number of rotatable bonds is 7. The van der Waals surface area contributed by atoms with Gasteiger partial charge in [0, 0.05) is 25.8 Å². The van der Waals surface area contributed by atoms with E-state index in [-0.39, 0.29) is 5.91 Å². The van der Waals surface area contributed by atoms with Crippen molar-refractivity contribution in [1.82, 2.24) is 15.2 Å². The Morgan fingerprint density at radius 1 is 1.39 bits per heavy atom. The molecule has 5 nitrogen and oxygen atoms in total. The van der Waals surface area contributed by atoms with Gasteiger partial charge < -0.3 is 16.0 Å². The Bertz CT molecular complexity index is 360. The molecule has 1 aromatic rings. The van der Waals surface area contributed by atoms with Gasteiger partial charge in [-0.15, -0.1) is 0 Å². The Morgan fingerprint density at radius 2 is 2.11 bits per heavy atom. The number of hydrogen-bond donors (Lipinski definition) is 2. The first-order valence-electron chi connectivity index (χ1n) is 6.36. The second-order valence-electron chi connectivity index (χ2n) is 4.04. The number of pyridine rings is 1. The molecule has 1 aromatic heterocycles. The highest BCUT2D eigenvalue weighted by atomic mass is 16.1. The first-order valence-corrected chi connectivity index (χ1v) is 6.36. The summed E-state index contributed by atoms with van der Waals surface area (Å²) in [5, 5.41) is 2.86. The molecule has 0 aliphatic carbocycles. The molecule has 0 atom stereocenters. The SMILES string of the molecule is CCN(CC)CCNC(=O)c1ccc(CN)cn1. The van der Waals surface area contributed by atoms with Crippen molar-refractivity contribution in [2.75, 3.05) is 26.2 Å². The molecular weight excluding hydrogens is 228 g/mol. The number of hydrogen-bond acceptors (Lipinski definition) is 4. The highest BCUT2D eigenvalue weighted by Gasteiger charge is 2.06. The molecule has 0 radical (unpaired) electrons. The average molecular weight is 250 g/mol. The number of nitrogens with two attached hydrogens (primary N) is 1. The van der Waals surface area contributed by atoms with Crippen molar-refractivity contribution in [3.63, 3.8) is 0 Å². The minimum Gasteiger partial charge on any atom is -0.349 e. The first-order chi connectivity index (χ1) is 8.71. The maximum atomic E-state index is 11.8. The Hall–Kier alpha value is -1.46. The number of carbonyl (C=O) groups is 1. The second kappa shape index (κ2) is 7.79. The van der Waals surface area contributed by atoms with E-state index in [9.17, 15) is 4.79 Å². The lowest BCUT2D eigenvalue weighted by Gasteiger charge is -2.17. The van der Waals surface area contributed by atoms with Gasteiger partial charge >= 0.3 is 0 Å². The maximum Gasteiger partial charge on any atom is 0.269 e. The van der Waals surface area contributed by atoms with Gasteiger partial charge in [0.1, 0.15) is 5.69 Å². The van der Waals surface area contributed by atoms with Crippen molar-refractivity contribution >= 4 is 5.91 Å². The van der Waals surface area contributed by atoms with Crippen LogP contribution in [0.2, 0.25) is 0 Å². The summed E-state index contributed by atoms with van der Waals surface area (Å²) in [6.45, 7) is 8.15. The molecule has 1 amide bonds. The average Bonchev–Trinajstić information content (AvgIpc) is 2.43. The van der Waals surface area contributed by atoms with Crippen LogP contribution in [0.5, 0.6) is 0 Å². The molecule has 1 rings (SSSR count). The summed E-state index contributed by atoms with van der Waals surface area (Å²) in [4.78, 5) is 18.1. The molecule has 3 N–H and O–H groups in total. The van der Waals surface area contributed by atoms with Crippen molar-refractivity contribution in [1.29, 1.82) is 0 Å². The van der Waals surface area contributed by atoms with E-state index in [1.807, 2.05) is 6.07 Å². The third-order valence-corrected chi connectivity index (χ3v) is 2.90. The van der Waals surface area contributed by atoms with Gasteiger partial charge in [0.25, 0.3) is 5.91 Å². The van der Waals surface area contributed by atoms with Crippen LogP contribution in [0.15, 0.2) is 18.3 Å². The number of aromatic nitrogens is 1. The van der Waals surface area contributed by atoms with Crippen LogP contribution in [-0.4, -0.2) is 42.0 Å². The van der Waals surface area contributed by atoms with Crippen LogP contribution in [0.4, 0.5) is 0 Å². The minimum atomic E-state index is -0.134. The molecule has 5 heteroatoms. The summed E-state index contributed by atoms with van der Waals surface area (Å²) in [6.07, 6.45) is 1.64. The molecule has 0 saturated heterocycles. The molecule has 0 bridgehead atoms. The van der Waals surface area contributed by atoms with Crippen LogP contribution in [0, 0.1) is 0 Å². The lowest BCUT2D eigenvalue weighted by atomic mass is 10.2. The Labute approximate surface area is 108 Å². The molecular formula is C13H22N4O. The topological polar surface area (TPSA) is 71.2 Å². The molecule has 0 fully saturated rings. The van der Waals surface area contributed by atoms with E-state index in [0.717, 1.165) is 25.2 Å². The molecule has 0 spiro atoms. The number of nitrogens with zero attached hydrogens (tertiary/aromatic N) is 2. The molecule has 100 valence electrons. The fourth-order valence-corrected chi connectivity index (χ4v) is 1.64. The first kappa shape index (κ1) is 14.6. The number of carbonyl (C=O) groups excluding carboxylic acids is 1. The predicted octanol–water partition coefficient (Wildman–Crippen LogP) is 0.612. The monoisotopic (exact) mass is 250 g/mol. The van der Waals surface area contributed by atoms with Gasteiger partial charge in [-0.25, -0.2) is 0 Å². The fourth-order valence-electron chi connectivity index (χ4n) is 1.64. The molecule has 0 aliphatic heterocycles. The number of likely N-dealkylation sites (N-methyl/N-ethyl adjacent to an activating group) is 1. The van der Waals surface area contributed by atoms with Crippen molar-refractivity contribution in [3.05, 3.63) is 29.6 Å². The van der Waals surface area contributed by atoms with Crippen molar-refractivity contribution < 1.29 is 4.79 Å². The lowest BCUT2D eigenvalue weighted by Crippen LogP contribution is -2.35. The van der Waals surface area contributed by atoms with Gasteiger partial charge in [-0.3, -0.25) is 9.78 Å². The van der Waals surface area contributed by atoms with Crippen LogP contribution < -0.4 is 11.1 Å². The van der Waals surface area contributed by atoms with Crippen LogP contribution in [0.25, 0.3) is 0 Å². The summed E-state index contributed by atoms with van der Waals surface area (Å²) in [5.74, 6) is -0.134. The van der Waals surface area contributed by atoms with Crippen molar-refractivity contribution in [2.45, 2.75) is 20.4 Å².